The van der Waals surface area contributed by atoms with Crippen molar-refractivity contribution in [3.63, 3.8) is 0 Å². The van der Waals surface area contributed by atoms with Gasteiger partial charge < -0.3 is 5.11 Å². The van der Waals surface area contributed by atoms with Crippen LogP contribution in [0.5, 0.6) is 0 Å². The summed E-state index contributed by atoms with van der Waals surface area (Å²) in [6.45, 7) is 2.11. The van der Waals surface area contributed by atoms with E-state index >= 15 is 0 Å². The van der Waals surface area contributed by atoms with Crippen LogP contribution in [0.1, 0.15) is 25.3 Å². The molecule has 2 rings (SSSR count). The maximum absolute atomic E-state index is 10.7. The Kier molecular flexibility index (Phi) is 4.45. The van der Waals surface area contributed by atoms with E-state index in [9.17, 15) is 5.11 Å². The average molecular weight is 336 g/mol. The van der Waals surface area contributed by atoms with E-state index in [2.05, 4.69) is 22.9 Å². The first kappa shape index (κ1) is 13.7. The van der Waals surface area contributed by atoms with E-state index in [0.717, 1.165) is 33.7 Å². The zero-order valence-corrected chi connectivity index (χ0v) is 12.9. The molecule has 0 aromatic heterocycles. The Balaban J connectivity index is 2.19. The molecule has 1 aromatic carbocycles. The molecule has 1 fully saturated rings. The third kappa shape index (κ3) is 3.19. The Bertz CT molecular complexity index is 412. The van der Waals surface area contributed by atoms with Gasteiger partial charge >= 0.3 is 0 Å². The van der Waals surface area contributed by atoms with Gasteiger partial charge in [0.05, 0.1) is 5.60 Å². The monoisotopic (exact) mass is 334 g/mol. The Morgan fingerprint density at radius 3 is 3.00 bits per heavy atom. The van der Waals surface area contributed by atoms with E-state index in [0.29, 0.717) is 6.42 Å². The second-order valence-corrected chi connectivity index (χ2v) is 7.40. The lowest BCUT2D eigenvalue weighted by molar-refractivity contribution is 0.0298. The molecule has 0 radical (unpaired) electrons. The van der Waals surface area contributed by atoms with Crippen molar-refractivity contribution in [2.24, 2.45) is 0 Å². The van der Waals surface area contributed by atoms with E-state index in [1.807, 2.05) is 30.0 Å². The molecule has 1 N–H and O–H groups in total. The van der Waals surface area contributed by atoms with Crippen LogP contribution in [0.3, 0.4) is 0 Å². The van der Waals surface area contributed by atoms with E-state index < -0.39 is 5.60 Å². The molecule has 2 atom stereocenters. The van der Waals surface area contributed by atoms with Crippen molar-refractivity contribution < 1.29 is 5.11 Å². The van der Waals surface area contributed by atoms with Crippen LogP contribution in [0.15, 0.2) is 22.7 Å². The normalized spacial score (nSPS) is 29.3. The molecule has 0 amide bonds. The second-order valence-electron chi connectivity index (χ2n) is 4.63. The molecule has 0 bridgehead atoms. The molecule has 1 aliphatic rings. The predicted octanol–water partition coefficient (Wildman–Crippen LogP) is 4.29. The van der Waals surface area contributed by atoms with Crippen LogP contribution >= 0.6 is 39.3 Å². The highest BCUT2D eigenvalue weighted by molar-refractivity contribution is 9.10. The molecule has 17 heavy (non-hydrogen) atoms. The zero-order chi connectivity index (χ0) is 12.5. The SMILES string of the molecule is CC1SCCCC1(O)Cc1ccc(Br)cc1Cl. The van der Waals surface area contributed by atoms with Crippen LogP contribution in [-0.2, 0) is 6.42 Å². The van der Waals surface area contributed by atoms with Crippen molar-refractivity contribution in [2.45, 2.75) is 37.0 Å². The van der Waals surface area contributed by atoms with E-state index in [4.69, 9.17) is 11.6 Å². The molecule has 2 unspecified atom stereocenters. The first-order valence-corrected chi connectivity index (χ1v) is 8.01. The van der Waals surface area contributed by atoms with Gasteiger partial charge in [-0.05, 0) is 36.3 Å². The number of rotatable bonds is 2. The van der Waals surface area contributed by atoms with Crippen molar-refractivity contribution in [1.82, 2.24) is 0 Å². The maximum Gasteiger partial charge on any atom is 0.0804 e. The molecular weight excluding hydrogens is 320 g/mol. The van der Waals surface area contributed by atoms with Crippen molar-refractivity contribution in [3.05, 3.63) is 33.3 Å². The minimum Gasteiger partial charge on any atom is -0.388 e. The molecular formula is C13H16BrClOS. The smallest absolute Gasteiger partial charge is 0.0804 e. The summed E-state index contributed by atoms with van der Waals surface area (Å²) in [6, 6.07) is 5.86. The van der Waals surface area contributed by atoms with Crippen molar-refractivity contribution in [2.75, 3.05) is 5.75 Å². The lowest BCUT2D eigenvalue weighted by Crippen LogP contribution is -2.43. The summed E-state index contributed by atoms with van der Waals surface area (Å²) in [7, 11) is 0. The summed E-state index contributed by atoms with van der Waals surface area (Å²) >= 11 is 11.5. The fourth-order valence-electron chi connectivity index (χ4n) is 2.22. The highest BCUT2D eigenvalue weighted by Crippen LogP contribution is 2.37. The highest BCUT2D eigenvalue weighted by Gasteiger charge is 2.37. The summed E-state index contributed by atoms with van der Waals surface area (Å²) in [5.41, 5.74) is 0.423. The average Bonchev–Trinajstić information content (AvgIpc) is 2.27. The van der Waals surface area contributed by atoms with Gasteiger partial charge in [-0.15, -0.1) is 0 Å². The van der Waals surface area contributed by atoms with E-state index in [-0.39, 0.29) is 5.25 Å². The van der Waals surface area contributed by atoms with Gasteiger partial charge in [0.2, 0.25) is 0 Å². The molecule has 0 spiro atoms. The molecule has 1 saturated heterocycles. The number of aliphatic hydroxyl groups is 1. The molecule has 1 aromatic rings. The van der Waals surface area contributed by atoms with E-state index in [1.54, 1.807) is 0 Å². The van der Waals surface area contributed by atoms with Gasteiger partial charge in [-0.25, -0.2) is 0 Å². The topological polar surface area (TPSA) is 20.2 Å². The number of hydrogen-bond donors (Lipinski definition) is 1. The lowest BCUT2D eigenvalue weighted by Gasteiger charge is -2.38. The van der Waals surface area contributed by atoms with Gasteiger partial charge in [0.15, 0.2) is 0 Å². The predicted molar refractivity (Wildman–Crippen MR) is 79.0 cm³/mol. The molecule has 4 heteroatoms. The van der Waals surface area contributed by atoms with Crippen molar-refractivity contribution in [3.8, 4) is 0 Å². The van der Waals surface area contributed by atoms with Gasteiger partial charge in [0.1, 0.15) is 0 Å². The van der Waals surface area contributed by atoms with Crippen LogP contribution in [0.25, 0.3) is 0 Å². The number of halogens is 2. The van der Waals surface area contributed by atoms with Gasteiger partial charge in [0, 0.05) is 21.2 Å². The number of hydrogen-bond acceptors (Lipinski definition) is 2. The molecule has 0 aliphatic carbocycles. The second kappa shape index (κ2) is 5.52. The van der Waals surface area contributed by atoms with Crippen LogP contribution in [0.2, 0.25) is 5.02 Å². The third-order valence-electron chi connectivity index (χ3n) is 3.39. The Hall–Kier alpha value is 0.300. The van der Waals surface area contributed by atoms with Crippen molar-refractivity contribution >= 4 is 39.3 Å². The molecule has 94 valence electrons. The van der Waals surface area contributed by atoms with Crippen LogP contribution in [-0.4, -0.2) is 21.7 Å². The summed E-state index contributed by atoms with van der Waals surface area (Å²) in [5, 5.41) is 11.7. The fourth-order valence-corrected chi connectivity index (χ4v) is 4.14. The third-order valence-corrected chi connectivity index (χ3v) is 5.70. The minimum absolute atomic E-state index is 0.274. The summed E-state index contributed by atoms with van der Waals surface area (Å²) in [5.74, 6) is 1.15. The first-order valence-electron chi connectivity index (χ1n) is 5.79. The molecule has 1 nitrogen and oxygen atoms in total. The summed E-state index contributed by atoms with van der Waals surface area (Å²) in [4.78, 5) is 0. The molecule has 1 aliphatic heterocycles. The maximum atomic E-state index is 10.7. The highest BCUT2D eigenvalue weighted by atomic mass is 79.9. The Labute approximate surface area is 120 Å². The van der Waals surface area contributed by atoms with Gasteiger partial charge in [-0.2, -0.15) is 11.8 Å². The largest absolute Gasteiger partial charge is 0.388 e. The number of thioether (sulfide) groups is 1. The standard InChI is InChI=1S/C13H16BrClOS/c1-9-13(16,5-2-6-17-9)8-10-3-4-11(14)7-12(10)15/h3-4,7,9,16H,2,5-6,8H2,1H3. The Morgan fingerprint density at radius 2 is 2.35 bits per heavy atom. The minimum atomic E-state index is -0.611. The summed E-state index contributed by atoms with van der Waals surface area (Å²) in [6.07, 6.45) is 2.60. The zero-order valence-electron chi connectivity index (χ0n) is 9.75. The number of benzene rings is 1. The van der Waals surface area contributed by atoms with Crippen LogP contribution in [0.4, 0.5) is 0 Å². The Morgan fingerprint density at radius 1 is 1.59 bits per heavy atom. The quantitative estimate of drug-likeness (QED) is 0.870. The fraction of sp³-hybridized carbons (Fsp3) is 0.538. The van der Waals surface area contributed by atoms with Crippen molar-refractivity contribution in [1.29, 1.82) is 0 Å². The molecule has 0 saturated carbocycles. The summed E-state index contributed by atoms with van der Waals surface area (Å²) < 4.78 is 0.976. The molecule has 1 heterocycles. The van der Waals surface area contributed by atoms with Gasteiger partial charge in [0.25, 0.3) is 0 Å². The van der Waals surface area contributed by atoms with Crippen LogP contribution in [0, 0.1) is 0 Å². The first-order chi connectivity index (χ1) is 8.01. The van der Waals surface area contributed by atoms with E-state index in [1.165, 1.54) is 0 Å². The van der Waals surface area contributed by atoms with Gasteiger partial charge in [-0.3, -0.25) is 0 Å². The van der Waals surface area contributed by atoms with Crippen LogP contribution < -0.4 is 0 Å². The van der Waals surface area contributed by atoms with Gasteiger partial charge in [-0.1, -0.05) is 40.5 Å². The lowest BCUT2D eigenvalue weighted by atomic mass is 9.87.